The van der Waals surface area contributed by atoms with Crippen molar-refractivity contribution in [2.24, 2.45) is 0 Å². The smallest absolute Gasteiger partial charge is 0.328 e. The summed E-state index contributed by atoms with van der Waals surface area (Å²) in [7, 11) is 0. The summed E-state index contributed by atoms with van der Waals surface area (Å²) in [4.78, 5) is 41.8. The van der Waals surface area contributed by atoms with Gasteiger partial charge in [-0.25, -0.2) is 4.79 Å². The Morgan fingerprint density at radius 3 is 2.52 bits per heavy atom. The maximum absolute atomic E-state index is 12.8. The molecule has 0 radical (unpaired) electrons. The number of H-pyrrole nitrogens is 1. The maximum atomic E-state index is 12.8. The Morgan fingerprint density at radius 1 is 1.03 bits per heavy atom. The number of benzene rings is 2. The molecule has 2 N–H and O–H groups in total. The van der Waals surface area contributed by atoms with E-state index < -0.39 is 11.2 Å². The molecule has 4 rings (SSSR count). The van der Waals surface area contributed by atoms with Gasteiger partial charge in [0.15, 0.2) is 0 Å². The van der Waals surface area contributed by atoms with Crippen LogP contribution in [-0.4, -0.2) is 53.2 Å². The first-order valence-electron chi connectivity index (χ1n) is 10.5. The van der Waals surface area contributed by atoms with Gasteiger partial charge in [0.25, 0.3) is 5.56 Å². The predicted molar refractivity (Wildman–Crippen MR) is 118 cm³/mol. The summed E-state index contributed by atoms with van der Waals surface area (Å²) >= 11 is 0. The van der Waals surface area contributed by atoms with Gasteiger partial charge in [-0.2, -0.15) is 0 Å². The van der Waals surface area contributed by atoms with E-state index >= 15 is 0 Å². The Hall–Kier alpha value is -3.23. The van der Waals surface area contributed by atoms with Crippen molar-refractivity contribution in [2.75, 3.05) is 32.8 Å². The Balaban J connectivity index is 1.48. The first-order chi connectivity index (χ1) is 15.1. The third-order valence-electron chi connectivity index (χ3n) is 5.55. The number of para-hydroxylation sites is 1. The van der Waals surface area contributed by atoms with Gasteiger partial charge in [0, 0.05) is 32.6 Å². The number of nitrogens with one attached hydrogen (secondary N) is 2. The average Bonchev–Trinajstić information content (AvgIpc) is 2.80. The molecule has 1 aliphatic rings. The summed E-state index contributed by atoms with van der Waals surface area (Å²) in [6.45, 7) is 3.92. The van der Waals surface area contributed by atoms with E-state index in [1.807, 2.05) is 30.3 Å². The number of rotatable bonds is 7. The lowest BCUT2D eigenvalue weighted by molar-refractivity contribution is -0.122. The van der Waals surface area contributed by atoms with Gasteiger partial charge in [-0.1, -0.05) is 42.5 Å². The van der Waals surface area contributed by atoms with Gasteiger partial charge in [0.05, 0.1) is 30.2 Å². The summed E-state index contributed by atoms with van der Waals surface area (Å²) in [5.74, 6) is -0.149. The lowest BCUT2D eigenvalue weighted by Crippen LogP contribution is -2.43. The number of aryl methyl sites for hydroxylation is 1. The highest BCUT2D eigenvalue weighted by molar-refractivity contribution is 5.79. The number of aromatic amines is 1. The fourth-order valence-electron chi connectivity index (χ4n) is 3.91. The van der Waals surface area contributed by atoms with Crippen molar-refractivity contribution >= 4 is 16.8 Å². The molecule has 0 aliphatic carbocycles. The van der Waals surface area contributed by atoms with Gasteiger partial charge in [-0.3, -0.25) is 24.0 Å². The van der Waals surface area contributed by atoms with Gasteiger partial charge in [-0.15, -0.1) is 0 Å². The largest absolute Gasteiger partial charge is 0.379 e. The van der Waals surface area contributed by atoms with Crippen LogP contribution in [0.4, 0.5) is 0 Å². The molecule has 8 nitrogen and oxygen atoms in total. The molecule has 1 aliphatic heterocycles. The van der Waals surface area contributed by atoms with Crippen LogP contribution >= 0.6 is 0 Å². The monoisotopic (exact) mass is 422 g/mol. The number of carbonyl (C=O) groups is 1. The predicted octanol–water partition coefficient (Wildman–Crippen LogP) is 1.27. The number of morpholine rings is 1. The molecule has 1 saturated heterocycles. The Morgan fingerprint density at radius 2 is 1.74 bits per heavy atom. The first-order valence-corrected chi connectivity index (χ1v) is 10.5. The maximum Gasteiger partial charge on any atom is 0.328 e. The van der Waals surface area contributed by atoms with Gasteiger partial charge in [0.1, 0.15) is 0 Å². The molecular formula is C23H26N4O4. The molecule has 1 aromatic heterocycles. The third kappa shape index (κ3) is 5.10. The van der Waals surface area contributed by atoms with Crippen molar-refractivity contribution in [3.8, 4) is 0 Å². The molecule has 162 valence electrons. The third-order valence-corrected chi connectivity index (χ3v) is 5.55. The van der Waals surface area contributed by atoms with Crippen molar-refractivity contribution in [1.82, 2.24) is 19.8 Å². The topological polar surface area (TPSA) is 96.4 Å². The zero-order chi connectivity index (χ0) is 21.6. The van der Waals surface area contributed by atoms with Crippen LogP contribution in [0.25, 0.3) is 10.9 Å². The van der Waals surface area contributed by atoms with Crippen LogP contribution in [0, 0.1) is 0 Å². The van der Waals surface area contributed by atoms with Crippen LogP contribution in [-0.2, 0) is 16.1 Å². The molecule has 1 amide bonds. The molecule has 3 aromatic rings. The normalized spacial score (nSPS) is 15.6. The number of fused-ring (bicyclic) bond motifs is 1. The number of hydrogen-bond acceptors (Lipinski definition) is 5. The van der Waals surface area contributed by atoms with Crippen LogP contribution in [0.5, 0.6) is 0 Å². The number of hydrogen-bond donors (Lipinski definition) is 2. The Bertz CT molecular complexity index is 1150. The van der Waals surface area contributed by atoms with E-state index in [-0.39, 0.29) is 24.9 Å². The summed E-state index contributed by atoms with van der Waals surface area (Å²) in [6, 6.07) is 16.6. The van der Waals surface area contributed by atoms with Crippen LogP contribution in [0.3, 0.4) is 0 Å². The first kappa shape index (κ1) is 21.0. The number of carbonyl (C=O) groups excluding carboxylic acids is 1. The molecule has 1 fully saturated rings. The zero-order valence-corrected chi connectivity index (χ0v) is 17.3. The molecule has 8 heteroatoms. The summed E-state index contributed by atoms with van der Waals surface area (Å²) in [5, 5.41) is 3.55. The highest BCUT2D eigenvalue weighted by atomic mass is 16.5. The molecule has 2 heterocycles. The minimum atomic E-state index is -0.510. The van der Waals surface area contributed by atoms with E-state index in [0.29, 0.717) is 30.7 Å². The standard InChI is InChI=1S/C23H26N4O4/c28-21(10-11-27-20-9-5-4-8-18(20)22(29)25-23(27)30)24-19(17-6-2-1-3-7-17)16-26-12-14-31-15-13-26/h1-9,19H,10-16H2,(H,24,28)(H,25,29,30)/t19-/m0/s1. The molecular weight excluding hydrogens is 396 g/mol. The van der Waals surface area contributed by atoms with Gasteiger partial charge >= 0.3 is 5.69 Å². The van der Waals surface area contributed by atoms with E-state index in [2.05, 4.69) is 15.2 Å². The number of amides is 1. The summed E-state index contributed by atoms with van der Waals surface area (Å²) in [6.07, 6.45) is 0.127. The SMILES string of the molecule is O=C(CCn1c(=O)[nH]c(=O)c2ccccc21)N[C@@H](CN1CCOCC1)c1ccccc1. The minimum absolute atomic E-state index is 0.127. The number of ether oxygens (including phenoxy) is 1. The average molecular weight is 422 g/mol. The lowest BCUT2D eigenvalue weighted by atomic mass is 10.1. The molecule has 0 bridgehead atoms. The number of nitrogens with zero attached hydrogens (tertiary/aromatic N) is 2. The van der Waals surface area contributed by atoms with Crippen molar-refractivity contribution in [3.05, 3.63) is 81.0 Å². The van der Waals surface area contributed by atoms with Crippen LogP contribution in [0.1, 0.15) is 18.0 Å². The highest BCUT2D eigenvalue weighted by Gasteiger charge is 2.20. The van der Waals surface area contributed by atoms with E-state index in [4.69, 9.17) is 4.74 Å². The molecule has 2 aromatic carbocycles. The molecule has 0 spiro atoms. The molecule has 0 unspecified atom stereocenters. The molecule has 1 atom stereocenters. The zero-order valence-electron chi connectivity index (χ0n) is 17.3. The van der Waals surface area contributed by atoms with E-state index in [1.165, 1.54) is 4.57 Å². The quantitative estimate of drug-likeness (QED) is 0.598. The van der Waals surface area contributed by atoms with Crippen LogP contribution in [0.15, 0.2) is 64.2 Å². The van der Waals surface area contributed by atoms with E-state index in [9.17, 15) is 14.4 Å². The van der Waals surface area contributed by atoms with Crippen LogP contribution < -0.4 is 16.6 Å². The second-order valence-electron chi connectivity index (χ2n) is 7.62. The second kappa shape index (κ2) is 9.72. The summed E-state index contributed by atoms with van der Waals surface area (Å²) < 4.78 is 6.86. The van der Waals surface area contributed by atoms with Crippen molar-refractivity contribution in [2.45, 2.75) is 19.0 Å². The fraction of sp³-hybridized carbons (Fsp3) is 0.348. The molecule has 31 heavy (non-hydrogen) atoms. The van der Waals surface area contributed by atoms with Gasteiger partial charge in [0.2, 0.25) is 5.91 Å². The van der Waals surface area contributed by atoms with E-state index in [0.717, 1.165) is 18.7 Å². The van der Waals surface area contributed by atoms with Gasteiger partial charge in [-0.05, 0) is 17.7 Å². The van der Waals surface area contributed by atoms with Crippen molar-refractivity contribution < 1.29 is 9.53 Å². The molecule has 0 saturated carbocycles. The van der Waals surface area contributed by atoms with E-state index in [1.54, 1.807) is 24.3 Å². The fourth-order valence-corrected chi connectivity index (χ4v) is 3.91. The van der Waals surface area contributed by atoms with Crippen molar-refractivity contribution in [3.63, 3.8) is 0 Å². The Labute approximate surface area is 179 Å². The summed E-state index contributed by atoms with van der Waals surface area (Å²) in [5.41, 5.74) is 0.631. The second-order valence-corrected chi connectivity index (χ2v) is 7.62. The highest BCUT2D eigenvalue weighted by Crippen LogP contribution is 2.16. The number of aromatic nitrogens is 2. The van der Waals surface area contributed by atoms with Gasteiger partial charge < -0.3 is 10.1 Å². The minimum Gasteiger partial charge on any atom is -0.379 e. The van der Waals surface area contributed by atoms with Crippen LogP contribution in [0.2, 0.25) is 0 Å². The van der Waals surface area contributed by atoms with Crippen molar-refractivity contribution in [1.29, 1.82) is 0 Å². The Kier molecular flexibility index (Phi) is 6.59. The lowest BCUT2D eigenvalue weighted by Gasteiger charge is -2.31.